The van der Waals surface area contributed by atoms with E-state index >= 15 is 0 Å². The van der Waals surface area contributed by atoms with Gasteiger partial charge in [0.25, 0.3) is 0 Å². The number of pyridine rings is 1. The Labute approximate surface area is 130 Å². The Bertz CT molecular complexity index is 635. The molecule has 0 amide bonds. The summed E-state index contributed by atoms with van der Waals surface area (Å²) in [7, 11) is 0. The molecule has 1 atom stereocenters. The molecule has 0 spiro atoms. The molecule has 0 saturated carbocycles. The van der Waals surface area contributed by atoms with Gasteiger partial charge in [0.2, 0.25) is 5.13 Å². The van der Waals surface area contributed by atoms with Crippen LogP contribution in [-0.2, 0) is 12.8 Å². The lowest BCUT2D eigenvalue weighted by molar-refractivity contribution is 0.666. The van der Waals surface area contributed by atoms with E-state index in [1.54, 1.807) is 11.3 Å². The Morgan fingerprint density at radius 1 is 1.29 bits per heavy atom. The van der Waals surface area contributed by atoms with Crippen molar-refractivity contribution in [3.63, 3.8) is 0 Å². The van der Waals surface area contributed by atoms with E-state index in [2.05, 4.69) is 42.4 Å². The molecule has 1 aliphatic carbocycles. The van der Waals surface area contributed by atoms with E-state index in [9.17, 15) is 0 Å². The van der Waals surface area contributed by atoms with Gasteiger partial charge < -0.3 is 5.32 Å². The van der Waals surface area contributed by atoms with Crippen molar-refractivity contribution in [1.29, 1.82) is 0 Å². The predicted molar refractivity (Wildman–Crippen MR) is 87.9 cm³/mol. The number of nitrogens with one attached hydrogen (secondary N) is 1. The monoisotopic (exact) mass is 302 g/mol. The van der Waals surface area contributed by atoms with Crippen LogP contribution in [-0.4, -0.2) is 21.2 Å². The summed E-state index contributed by atoms with van der Waals surface area (Å²) in [5.74, 6) is 0. The van der Waals surface area contributed by atoms with Crippen LogP contribution in [0.4, 0.5) is 5.13 Å². The minimum atomic E-state index is 0.425. The Hall–Kier alpha value is -1.49. The maximum Gasteiger partial charge on any atom is 0.206 e. The third-order valence-corrected chi connectivity index (χ3v) is 5.02. The summed E-state index contributed by atoms with van der Waals surface area (Å²) in [5.41, 5.74) is 4.89. The first-order valence-corrected chi connectivity index (χ1v) is 8.59. The van der Waals surface area contributed by atoms with Crippen LogP contribution in [0.3, 0.4) is 0 Å². The largest absolute Gasteiger partial charge is 0.358 e. The molecule has 5 heteroatoms. The molecular formula is C16H22N4S. The van der Waals surface area contributed by atoms with Gasteiger partial charge in [-0.3, -0.25) is 4.98 Å². The van der Waals surface area contributed by atoms with Gasteiger partial charge in [-0.25, -0.2) is 0 Å². The van der Waals surface area contributed by atoms with Gasteiger partial charge in [-0.05, 0) is 57.6 Å². The highest BCUT2D eigenvalue weighted by atomic mass is 32.1. The molecule has 2 aromatic heterocycles. The number of anilines is 1. The Balaban J connectivity index is 1.90. The fourth-order valence-corrected chi connectivity index (χ4v) is 3.58. The van der Waals surface area contributed by atoms with Gasteiger partial charge >= 0.3 is 0 Å². The molecule has 0 bridgehead atoms. The third kappa shape index (κ3) is 3.07. The highest BCUT2D eigenvalue weighted by Crippen LogP contribution is 2.32. The second-order valence-electron chi connectivity index (χ2n) is 5.80. The topological polar surface area (TPSA) is 50.7 Å². The van der Waals surface area contributed by atoms with E-state index in [1.165, 1.54) is 24.1 Å². The lowest BCUT2D eigenvalue weighted by Crippen LogP contribution is -2.12. The number of hydrogen-bond donors (Lipinski definition) is 1. The van der Waals surface area contributed by atoms with Crippen LogP contribution >= 0.6 is 11.3 Å². The summed E-state index contributed by atoms with van der Waals surface area (Å²) in [6, 6.07) is 2.71. The van der Waals surface area contributed by atoms with Gasteiger partial charge in [-0.2, -0.15) is 0 Å². The molecule has 3 rings (SSSR count). The Morgan fingerprint density at radius 2 is 2.10 bits per heavy atom. The summed E-state index contributed by atoms with van der Waals surface area (Å²) in [6.45, 7) is 6.40. The van der Waals surface area contributed by atoms with E-state index in [0.29, 0.717) is 6.04 Å². The second-order valence-corrected chi connectivity index (χ2v) is 6.78. The second kappa shape index (κ2) is 6.10. The van der Waals surface area contributed by atoms with Crippen LogP contribution in [0, 0.1) is 6.92 Å². The van der Waals surface area contributed by atoms with Gasteiger partial charge in [-0.1, -0.05) is 18.3 Å². The molecule has 21 heavy (non-hydrogen) atoms. The number of aryl methyl sites for hydroxylation is 3. The lowest BCUT2D eigenvalue weighted by Gasteiger charge is -2.16. The molecule has 1 N–H and O–H groups in total. The Kier molecular flexibility index (Phi) is 4.19. The standard InChI is InChI=1S/C16H22N4S/c1-4-10(2)17-16-20-19-15(21-16)13-9-12-7-5-6-8-14(12)18-11(13)3/h9-10H,4-8H2,1-3H3,(H,17,20). The van der Waals surface area contributed by atoms with Crippen LogP contribution in [0.1, 0.15) is 50.1 Å². The first kappa shape index (κ1) is 14.4. The summed E-state index contributed by atoms with van der Waals surface area (Å²) in [5, 5.41) is 13.9. The molecule has 0 aromatic carbocycles. The lowest BCUT2D eigenvalue weighted by atomic mass is 9.94. The zero-order valence-corrected chi connectivity index (χ0v) is 13.8. The van der Waals surface area contributed by atoms with Gasteiger partial charge in [-0.15, -0.1) is 10.2 Å². The third-order valence-electron chi connectivity index (χ3n) is 4.13. The first-order valence-electron chi connectivity index (χ1n) is 7.77. The van der Waals surface area contributed by atoms with Crippen molar-refractivity contribution in [2.75, 3.05) is 5.32 Å². The van der Waals surface area contributed by atoms with E-state index in [0.717, 1.165) is 40.7 Å². The quantitative estimate of drug-likeness (QED) is 0.927. The maximum absolute atomic E-state index is 4.79. The van der Waals surface area contributed by atoms with E-state index in [-0.39, 0.29) is 0 Å². The molecule has 4 nitrogen and oxygen atoms in total. The van der Waals surface area contributed by atoms with E-state index in [4.69, 9.17) is 4.98 Å². The zero-order valence-electron chi connectivity index (χ0n) is 12.9. The SMILES string of the molecule is CCC(C)Nc1nnc(-c2cc3c(nc2C)CCCC3)s1. The normalized spacial score (nSPS) is 15.6. The average molecular weight is 302 g/mol. The molecular weight excluding hydrogens is 280 g/mol. The van der Waals surface area contributed by atoms with E-state index < -0.39 is 0 Å². The van der Waals surface area contributed by atoms with Crippen molar-refractivity contribution in [2.45, 2.75) is 58.9 Å². The van der Waals surface area contributed by atoms with Crippen molar-refractivity contribution in [2.24, 2.45) is 0 Å². The molecule has 0 fully saturated rings. The summed E-state index contributed by atoms with van der Waals surface area (Å²) >= 11 is 1.62. The predicted octanol–water partition coefficient (Wildman–Crippen LogP) is 4.00. The number of fused-ring (bicyclic) bond motifs is 1. The first-order chi connectivity index (χ1) is 10.2. The zero-order chi connectivity index (χ0) is 14.8. The molecule has 0 saturated heterocycles. The summed E-state index contributed by atoms with van der Waals surface area (Å²) in [6.07, 6.45) is 5.88. The van der Waals surface area contributed by atoms with Crippen molar-refractivity contribution >= 4 is 16.5 Å². The van der Waals surface area contributed by atoms with Gasteiger partial charge in [0.15, 0.2) is 5.01 Å². The van der Waals surface area contributed by atoms with Crippen LogP contribution in [0.2, 0.25) is 0 Å². The number of rotatable bonds is 4. The minimum Gasteiger partial charge on any atom is -0.358 e. The smallest absolute Gasteiger partial charge is 0.206 e. The van der Waals surface area contributed by atoms with Crippen LogP contribution in [0.15, 0.2) is 6.07 Å². The van der Waals surface area contributed by atoms with Crippen molar-refractivity contribution in [3.8, 4) is 10.6 Å². The van der Waals surface area contributed by atoms with Gasteiger partial charge in [0, 0.05) is 23.0 Å². The van der Waals surface area contributed by atoms with Gasteiger partial charge in [0.1, 0.15) is 0 Å². The van der Waals surface area contributed by atoms with Crippen LogP contribution in [0.5, 0.6) is 0 Å². The van der Waals surface area contributed by atoms with Gasteiger partial charge in [0.05, 0.1) is 0 Å². The van der Waals surface area contributed by atoms with Crippen molar-refractivity contribution in [3.05, 3.63) is 23.0 Å². The molecule has 112 valence electrons. The average Bonchev–Trinajstić information content (AvgIpc) is 2.94. The van der Waals surface area contributed by atoms with Crippen LogP contribution in [0.25, 0.3) is 10.6 Å². The fourth-order valence-electron chi connectivity index (χ4n) is 2.66. The molecule has 0 aliphatic heterocycles. The number of nitrogens with zero attached hydrogens (tertiary/aromatic N) is 3. The molecule has 2 aromatic rings. The number of aromatic nitrogens is 3. The molecule has 1 aliphatic rings. The highest BCUT2D eigenvalue weighted by molar-refractivity contribution is 7.18. The summed E-state index contributed by atoms with van der Waals surface area (Å²) in [4.78, 5) is 4.79. The summed E-state index contributed by atoms with van der Waals surface area (Å²) < 4.78 is 0. The fraction of sp³-hybridized carbons (Fsp3) is 0.562. The molecule has 2 heterocycles. The van der Waals surface area contributed by atoms with Crippen LogP contribution < -0.4 is 5.32 Å². The van der Waals surface area contributed by atoms with E-state index in [1.807, 2.05) is 0 Å². The minimum absolute atomic E-state index is 0.425. The maximum atomic E-state index is 4.79. The molecule has 0 radical (unpaired) electrons. The number of hydrogen-bond acceptors (Lipinski definition) is 5. The van der Waals surface area contributed by atoms with Crippen molar-refractivity contribution < 1.29 is 0 Å². The van der Waals surface area contributed by atoms with Crippen molar-refractivity contribution in [1.82, 2.24) is 15.2 Å². The Morgan fingerprint density at radius 3 is 2.90 bits per heavy atom. The highest BCUT2D eigenvalue weighted by Gasteiger charge is 2.17. The molecule has 1 unspecified atom stereocenters.